The summed E-state index contributed by atoms with van der Waals surface area (Å²) in [6.45, 7) is 3.20. The first-order valence-corrected chi connectivity index (χ1v) is 13.2. The minimum absolute atomic E-state index is 0.125. The van der Waals surface area contributed by atoms with Crippen molar-refractivity contribution in [2.24, 2.45) is 0 Å². The van der Waals surface area contributed by atoms with Gasteiger partial charge in [0.1, 0.15) is 28.1 Å². The molecule has 0 saturated carbocycles. The molecule has 0 aliphatic rings. The van der Waals surface area contributed by atoms with Crippen LogP contribution in [0.1, 0.15) is 18.3 Å². The van der Waals surface area contributed by atoms with Crippen LogP contribution in [0.4, 0.5) is 5.95 Å². The van der Waals surface area contributed by atoms with Gasteiger partial charge < -0.3 is 18.9 Å². The van der Waals surface area contributed by atoms with Crippen LogP contribution in [0.2, 0.25) is 0 Å². The number of nitrogens with one attached hydrogen (secondary N) is 1. The van der Waals surface area contributed by atoms with E-state index >= 15 is 0 Å². The van der Waals surface area contributed by atoms with Crippen LogP contribution in [0.5, 0.6) is 11.5 Å². The number of aryl methyl sites for hydroxylation is 1. The van der Waals surface area contributed by atoms with E-state index in [-0.39, 0.29) is 11.6 Å². The first-order chi connectivity index (χ1) is 18.7. The molecule has 1 aromatic carbocycles. The maximum atomic E-state index is 13.9. The van der Waals surface area contributed by atoms with E-state index < -0.39 is 21.1 Å². The van der Waals surface area contributed by atoms with Crippen molar-refractivity contribution in [3.8, 4) is 28.6 Å². The van der Waals surface area contributed by atoms with Gasteiger partial charge in [0.2, 0.25) is 21.8 Å². The molecule has 0 bridgehead atoms. The molecule has 0 amide bonds. The Bertz CT molecular complexity index is 1500. The van der Waals surface area contributed by atoms with Crippen molar-refractivity contribution in [2.45, 2.75) is 24.9 Å². The highest BCUT2D eigenvalue weighted by molar-refractivity contribution is 7.93. The Morgan fingerprint density at radius 1 is 0.923 bits per heavy atom. The predicted molar refractivity (Wildman–Crippen MR) is 142 cm³/mol. The minimum Gasteiger partial charge on any atom is -0.494 e. The first-order valence-electron chi connectivity index (χ1n) is 11.7. The molecule has 0 radical (unpaired) electrons. The number of hydrogen-bond acceptors (Lipinski definition) is 11. The van der Waals surface area contributed by atoms with E-state index in [1.807, 2.05) is 0 Å². The molecule has 3 aromatic heterocycles. The summed E-state index contributed by atoms with van der Waals surface area (Å²) in [5, 5.41) is 7.13. The summed E-state index contributed by atoms with van der Waals surface area (Å²) in [7, 11) is 1.37. The highest BCUT2D eigenvalue weighted by Crippen LogP contribution is 2.38. The van der Waals surface area contributed by atoms with E-state index in [4.69, 9.17) is 18.9 Å². The average Bonchev–Trinajstić information content (AvgIpc) is 3.36. The smallest absolute Gasteiger partial charge is 0.243 e. The van der Waals surface area contributed by atoms with E-state index in [0.717, 1.165) is 0 Å². The Balaban J connectivity index is 1.87. The number of ether oxygens (including phenoxy) is 4. The number of pyridine rings is 1. The molecule has 13 nitrogen and oxygen atoms in total. The number of anilines is 1. The molecule has 4 aromatic rings. The van der Waals surface area contributed by atoms with Gasteiger partial charge >= 0.3 is 0 Å². The number of sulfonamides is 1. The zero-order chi connectivity index (χ0) is 28.2. The molecule has 1 atom stereocenters. The Morgan fingerprint density at radius 3 is 2.15 bits per heavy atom. The number of hydrogen-bond donors (Lipinski definition) is 1. The molecule has 0 aliphatic carbocycles. The van der Waals surface area contributed by atoms with Crippen molar-refractivity contribution in [3.63, 3.8) is 0 Å². The van der Waals surface area contributed by atoms with Crippen LogP contribution < -0.4 is 14.2 Å². The topological polar surface area (TPSA) is 152 Å². The summed E-state index contributed by atoms with van der Waals surface area (Å²) in [5.41, 5.74) is 1.79. The molecule has 4 rings (SSSR count). The number of para-hydroxylation sites is 1. The van der Waals surface area contributed by atoms with E-state index in [9.17, 15) is 8.42 Å². The van der Waals surface area contributed by atoms with Crippen LogP contribution in [0.25, 0.3) is 17.1 Å². The Labute approximate surface area is 226 Å². The van der Waals surface area contributed by atoms with Crippen LogP contribution in [0.3, 0.4) is 0 Å². The van der Waals surface area contributed by atoms with E-state index in [1.54, 1.807) is 49.6 Å². The maximum absolute atomic E-state index is 13.9. The summed E-state index contributed by atoms with van der Waals surface area (Å²) in [5.74, 6) is -0.826. The quantitative estimate of drug-likeness (QED) is 0.272. The highest BCUT2D eigenvalue weighted by atomic mass is 32.2. The van der Waals surface area contributed by atoms with Crippen LogP contribution in [-0.2, 0) is 25.3 Å². The molecule has 39 heavy (non-hydrogen) atoms. The van der Waals surface area contributed by atoms with Crippen LogP contribution in [-0.4, -0.2) is 71.8 Å². The second-order valence-electron chi connectivity index (χ2n) is 8.34. The molecule has 1 N–H and O–H groups in total. The largest absolute Gasteiger partial charge is 0.494 e. The summed E-state index contributed by atoms with van der Waals surface area (Å²) < 4.78 is 54.2. The lowest BCUT2D eigenvalue weighted by Gasteiger charge is -2.34. The number of nitrogens with zero attached hydrogens (tertiary/aromatic N) is 6. The second kappa shape index (κ2) is 11.3. The zero-order valence-corrected chi connectivity index (χ0v) is 23.1. The van der Waals surface area contributed by atoms with Crippen LogP contribution in [0.15, 0.2) is 55.1 Å². The second-order valence-corrected chi connectivity index (χ2v) is 10.3. The summed E-state index contributed by atoms with van der Waals surface area (Å²) in [4.78, 5) is 12.7. The summed E-state index contributed by atoms with van der Waals surface area (Å²) in [6, 6.07) is 8.67. The number of rotatable bonds is 11. The molecule has 14 heteroatoms. The summed E-state index contributed by atoms with van der Waals surface area (Å²) in [6.07, 6.45) is 6.11. The Kier molecular flexibility index (Phi) is 8.09. The third-order valence-corrected chi connectivity index (χ3v) is 7.90. The van der Waals surface area contributed by atoms with Gasteiger partial charge in [0.05, 0.1) is 26.1 Å². The highest BCUT2D eigenvalue weighted by Gasteiger charge is 2.48. The summed E-state index contributed by atoms with van der Waals surface area (Å²) >= 11 is 0. The molecular formula is C25H29N7O6S. The van der Waals surface area contributed by atoms with Gasteiger partial charge in [-0.05, 0) is 38.1 Å². The fraction of sp³-hybridized carbons (Fsp3) is 0.320. The van der Waals surface area contributed by atoms with E-state index in [1.165, 1.54) is 52.3 Å². The molecule has 206 valence electrons. The zero-order valence-electron chi connectivity index (χ0n) is 22.3. The third-order valence-electron chi connectivity index (χ3n) is 6.19. The monoisotopic (exact) mass is 555 g/mol. The number of aromatic nitrogens is 6. The normalized spacial score (nSPS) is 12.7. The molecule has 0 saturated heterocycles. The molecular weight excluding hydrogens is 526 g/mol. The lowest BCUT2D eigenvalue weighted by Crippen LogP contribution is -2.48. The molecule has 3 heterocycles. The van der Waals surface area contributed by atoms with Gasteiger partial charge in [-0.3, -0.25) is 24.2 Å². The molecule has 0 spiro atoms. The predicted octanol–water partition coefficient (Wildman–Crippen LogP) is 2.72. The SMILES string of the molecule is COc1cccc(OC)c1-n1c(NS(=O)(=O)C(C)C(OC)(OC)c2cnc(C)cn2)nnc1-c1cccnc1. The lowest BCUT2D eigenvalue weighted by molar-refractivity contribution is -0.217. The standard InChI is InChI=1S/C25H29N7O6S/c1-16-13-28-21(15-27-16)25(37-5,38-6)17(2)39(33,34)31-24-30-29-23(18-9-8-12-26-14-18)32(24)22-19(35-3)10-7-11-20(22)36-4/h7-15,17H,1-6H3,(H,30,31). The van der Waals surface area contributed by atoms with Gasteiger partial charge in [0.15, 0.2) is 5.82 Å². The van der Waals surface area contributed by atoms with Crippen molar-refractivity contribution in [1.29, 1.82) is 0 Å². The van der Waals surface area contributed by atoms with Crippen molar-refractivity contribution < 1.29 is 27.4 Å². The van der Waals surface area contributed by atoms with Gasteiger partial charge in [-0.25, -0.2) is 8.42 Å². The fourth-order valence-corrected chi connectivity index (χ4v) is 5.41. The van der Waals surface area contributed by atoms with Crippen molar-refractivity contribution in [3.05, 3.63) is 66.5 Å². The van der Waals surface area contributed by atoms with Crippen molar-refractivity contribution in [1.82, 2.24) is 29.7 Å². The number of methoxy groups -OCH3 is 4. The molecule has 1 unspecified atom stereocenters. The van der Waals surface area contributed by atoms with E-state index in [2.05, 4.69) is 29.9 Å². The Hall–Kier alpha value is -4.14. The van der Waals surface area contributed by atoms with Gasteiger partial charge in [-0.15, -0.1) is 10.2 Å². The molecule has 0 fully saturated rings. The minimum atomic E-state index is -4.28. The van der Waals surface area contributed by atoms with E-state index in [0.29, 0.717) is 34.3 Å². The average molecular weight is 556 g/mol. The fourth-order valence-electron chi connectivity index (χ4n) is 4.12. The van der Waals surface area contributed by atoms with Crippen LogP contribution in [0, 0.1) is 6.92 Å². The third kappa shape index (κ3) is 5.13. The van der Waals surface area contributed by atoms with Crippen LogP contribution >= 0.6 is 0 Å². The van der Waals surface area contributed by atoms with Crippen molar-refractivity contribution >= 4 is 16.0 Å². The van der Waals surface area contributed by atoms with Gasteiger partial charge in [-0.2, -0.15) is 0 Å². The molecule has 0 aliphatic heterocycles. The van der Waals surface area contributed by atoms with Gasteiger partial charge in [0.25, 0.3) is 0 Å². The Morgan fingerprint density at radius 2 is 1.62 bits per heavy atom. The van der Waals surface area contributed by atoms with Gasteiger partial charge in [0, 0.05) is 38.4 Å². The first kappa shape index (κ1) is 27.9. The van der Waals surface area contributed by atoms with Crippen molar-refractivity contribution in [2.75, 3.05) is 33.2 Å². The number of benzene rings is 1. The lowest BCUT2D eigenvalue weighted by atomic mass is 10.1. The van der Waals surface area contributed by atoms with Gasteiger partial charge in [-0.1, -0.05) is 6.07 Å². The maximum Gasteiger partial charge on any atom is 0.243 e.